The molecule has 0 aliphatic carbocycles. The number of hydrogen-bond donors (Lipinski definition) is 5. The van der Waals surface area contributed by atoms with Gasteiger partial charge in [-0.2, -0.15) is 4.98 Å². The molecule has 0 unspecified atom stereocenters. The van der Waals surface area contributed by atoms with E-state index in [1.807, 2.05) is 0 Å². The van der Waals surface area contributed by atoms with E-state index in [0.717, 1.165) is 0 Å². The highest BCUT2D eigenvalue weighted by atomic mass is 15.3. The van der Waals surface area contributed by atoms with Crippen molar-refractivity contribution in [3.8, 4) is 0 Å². The van der Waals surface area contributed by atoms with Crippen molar-refractivity contribution in [1.29, 1.82) is 0 Å². The van der Waals surface area contributed by atoms with Crippen molar-refractivity contribution in [3.63, 3.8) is 0 Å². The normalized spacial score (nSPS) is 9.07. The number of anilines is 4. The van der Waals surface area contributed by atoms with Gasteiger partial charge in [0.15, 0.2) is 0 Å². The molecule has 2 aromatic heterocycles. The van der Waals surface area contributed by atoms with Crippen LogP contribution >= 0.6 is 0 Å². The summed E-state index contributed by atoms with van der Waals surface area (Å²) in [7, 11) is 0. The van der Waals surface area contributed by atoms with E-state index in [0.29, 0.717) is 11.6 Å². The Bertz CT molecular complexity index is 389. The summed E-state index contributed by atoms with van der Waals surface area (Å²) in [5.74, 6) is 1.35. The largest absolute Gasteiger partial charge is 0.384 e. The Balaban J connectivity index is 0.000000151. The van der Waals surface area contributed by atoms with Gasteiger partial charge in [-0.25, -0.2) is 10.1 Å². The number of H-pyrrole nitrogens is 1. The van der Waals surface area contributed by atoms with Crippen LogP contribution in [0.3, 0.4) is 0 Å². The molecule has 9 N–H and O–H groups in total. The molecular weight excluding hydrogens is 196 g/mol. The van der Waals surface area contributed by atoms with Gasteiger partial charge in [-0.05, 0) is 12.1 Å². The average Bonchev–Trinajstić information content (AvgIpc) is 2.50. The lowest BCUT2D eigenvalue weighted by Gasteiger charge is -1.90. The predicted molar refractivity (Wildman–Crippen MR) is 58.3 cm³/mol. The monoisotopic (exact) mass is 208 g/mol. The topological polar surface area (TPSA) is 159 Å². The number of aromatic amines is 1. The third-order valence-electron chi connectivity index (χ3n) is 1.31. The lowest BCUT2D eigenvalue weighted by Crippen LogP contribution is -1.93. The number of nitrogens with two attached hydrogens (primary N) is 4. The van der Waals surface area contributed by atoms with Crippen molar-refractivity contribution in [2.24, 2.45) is 0 Å². The fourth-order valence-electron chi connectivity index (χ4n) is 0.757. The molecular formula is C7H12N8. The summed E-state index contributed by atoms with van der Waals surface area (Å²) in [5, 5.41) is 5.79. The Morgan fingerprint density at radius 1 is 0.933 bits per heavy atom. The van der Waals surface area contributed by atoms with Crippen molar-refractivity contribution in [3.05, 3.63) is 18.2 Å². The van der Waals surface area contributed by atoms with Gasteiger partial charge in [0.1, 0.15) is 11.6 Å². The van der Waals surface area contributed by atoms with E-state index in [4.69, 9.17) is 22.9 Å². The second-order valence-corrected chi connectivity index (χ2v) is 2.57. The minimum atomic E-state index is 0.178. The molecule has 0 radical (unpaired) electrons. The van der Waals surface area contributed by atoms with E-state index in [9.17, 15) is 0 Å². The first-order valence-electron chi connectivity index (χ1n) is 3.99. The van der Waals surface area contributed by atoms with Crippen LogP contribution in [0.2, 0.25) is 0 Å². The van der Waals surface area contributed by atoms with Crippen molar-refractivity contribution < 1.29 is 0 Å². The summed E-state index contributed by atoms with van der Waals surface area (Å²) in [6.45, 7) is 0. The molecule has 8 heteroatoms. The van der Waals surface area contributed by atoms with E-state index in [2.05, 4.69) is 20.2 Å². The fourth-order valence-corrected chi connectivity index (χ4v) is 0.757. The number of pyridine rings is 1. The minimum absolute atomic E-state index is 0.178. The number of aromatic nitrogens is 4. The molecule has 0 aromatic carbocycles. The Morgan fingerprint density at radius 2 is 1.53 bits per heavy atom. The first-order chi connectivity index (χ1) is 7.08. The van der Waals surface area contributed by atoms with Crippen molar-refractivity contribution in [2.75, 3.05) is 22.9 Å². The molecule has 0 aliphatic rings. The number of nitrogens with one attached hydrogen (secondary N) is 1. The zero-order valence-electron chi connectivity index (χ0n) is 7.88. The van der Waals surface area contributed by atoms with Gasteiger partial charge in [0.05, 0.1) is 0 Å². The molecule has 2 rings (SSSR count). The van der Waals surface area contributed by atoms with E-state index in [-0.39, 0.29) is 11.9 Å². The van der Waals surface area contributed by atoms with Crippen LogP contribution in [-0.4, -0.2) is 20.2 Å². The van der Waals surface area contributed by atoms with Crippen molar-refractivity contribution in [1.82, 2.24) is 20.2 Å². The van der Waals surface area contributed by atoms with Crippen LogP contribution in [0.5, 0.6) is 0 Å². The molecule has 0 fully saturated rings. The van der Waals surface area contributed by atoms with Crippen molar-refractivity contribution >= 4 is 23.5 Å². The third-order valence-corrected chi connectivity index (χ3v) is 1.31. The van der Waals surface area contributed by atoms with E-state index < -0.39 is 0 Å². The summed E-state index contributed by atoms with van der Waals surface area (Å²) in [4.78, 5) is 7.23. The highest BCUT2D eigenvalue weighted by Crippen LogP contribution is 1.99. The maximum atomic E-state index is 5.27. The molecule has 2 aromatic rings. The molecule has 0 saturated carbocycles. The molecule has 80 valence electrons. The maximum absolute atomic E-state index is 5.27. The van der Waals surface area contributed by atoms with Gasteiger partial charge in [0, 0.05) is 0 Å². The zero-order chi connectivity index (χ0) is 11.3. The second-order valence-electron chi connectivity index (χ2n) is 2.57. The molecule has 15 heavy (non-hydrogen) atoms. The lowest BCUT2D eigenvalue weighted by atomic mass is 10.4. The molecule has 2 heterocycles. The lowest BCUT2D eigenvalue weighted by molar-refractivity contribution is 1.11. The zero-order valence-corrected chi connectivity index (χ0v) is 7.88. The van der Waals surface area contributed by atoms with Gasteiger partial charge in [-0.3, -0.25) is 0 Å². The summed E-state index contributed by atoms with van der Waals surface area (Å²) in [6.07, 6.45) is 0. The standard InChI is InChI=1S/C5H7N3.C2H5N5/c6-4-2-1-3-5(7)8-4;3-1-5-2(4)7-6-1/h1-3H,(H4,6,7,8);(H5,3,4,5,6,7). The number of nitrogens with zero attached hydrogens (tertiary/aromatic N) is 3. The quantitative estimate of drug-likeness (QED) is 0.379. The third kappa shape index (κ3) is 3.81. The number of rotatable bonds is 0. The second kappa shape index (κ2) is 4.65. The summed E-state index contributed by atoms with van der Waals surface area (Å²) < 4.78 is 0. The number of nitrogen functional groups attached to an aromatic ring is 4. The van der Waals surface area contributed by atoms with E-state index in [1.54, 1.807) is 18.2 Å². The van der Waals surface area contributed by atoms with Gasteiger partial charge in [-0.1, -0.05) is 6.07 Å². The summed E-state index contributed by atoms with van der Waals surface area (Å²) >= 11 is 0. The van der Waals surface area contributed by atoms with Crippen LogP contribution in [0.4, 0.5) is 23.5 Å². The Morgan fingerprint density at radius 3 is 1.73 bits per heavy atom. The van der Waals surface area contributed by atoms with E-state index >= 15 is 0 Å². The van der Waals surface area contributed by atoms with Crippen molar-refractivity contribution in [2.45, 2.75) is 0 Å². The summed E-state index contributed by atoms with van der Waals surface area (Å²) in [5.41, 5.74) is 20.6. The summed E-state index contributed by atoms with van der Waals surface area (Å²) in [6, 6.07) is 5.14. The Labute approximate surface area is 85.7 Å². The molecule has 0 atom stereocenters. The fraction of sp³-hybridized carbons (Fsp3) is 0. The molecule has 8 nitrogen and oxygen atoms in total. The first kappa shape index (κ1) is 10.6. The smallest absolute Gasteiger partial charge is 0.241 e. The maximum Gasteiger partial charge on any atom is 0.241 e. The van der Waals surface area contributed by atoms with Crippen LogP contribution in [-0.2, 0) is 0 Å². The van der Waals surface area contributed by atoms with Crippen LogP contribution in [0.1, 0.15) is 0 Å². The van der Waals surface area contributed by atoms with Gasteiger partial charge in [0.2, 0.25) is 11.9 Å². The Kier molecular flexibility index (Phi) is 3.28. The average molecular weight is 208 g/mol. The SMILES string of the molecule is Nc1cccc(N)n1.Nc1n[nH]c(N)n1. The number of hydrogen-bond acceptors (Lipinski definition) is 7. The van der Waals surface area contributed by atoms with E-state index in [1.165, 1.54) is 0 Å². The van der Waals surface area contributed by atoms with Crippen LogP contribution < -0.4 is 22.9 Å². The van der Waals surface area contributed by atoms with Gasteiger partial charge in [0.25, 0.3) is 0 Å². The molecule has 0 spiro atoms. The first-order valence-corrected chi connectivity index (χ1v) is 3.99. The molecule has 0 saturated heterocycles. The van der Waals surface area contributed by atoms with Crippen LogP contribution in [0.25, 0.3) is 0 Å². The highest BCUT2D eigenvalue weighted by Gasteiger charge is 1.87. The molecule has 0 aliphatic heterocycles. The van der Waals surface area contributed by atoms with Gasteiger partial charge < -0.3 is 22.9 Å². The van der Waals surface area contributed by atoms with Crippen LogP contribution in [0.15, 0.2) is 18.2 Å². The predicted octanol–water partition coefficient (Wildman–Crippen LogP) is -0.785. The van der Waals surface area contributed by atoms with Gasteiger partial charge in [-0.15, -0.1) is 5.10 Å². The van der Waals surface area contributed by atoms with Gasteiger partial charge >= 0.3 is 0 Å². The minimum Gasteiger partial charge on any atom is -0.384 e. The highest BCUT2D eigenvalue weighted by molar-refractivity contribution is 5.38. The van der Waals surface area contributed by atoms with Crippen LogP contribution in [0, 0.1) is 0 Å². The molecule has 0 amide bonds. The Hall–Kier alpha value is -2.51. The molecule has 0 bridgehead atoms.